The average molecular weight is 345 g/mol. The van der Waals surface area contributed by atoms with E-state index in [2.05, 4.69) is 39.4 Å². The highest BCUT2D eigenvalue weighted by Gasteiger charge is 2.11. The standard InChI is InChI=1S/C17H17BrN2O/c1-2-12(10-21)19-17-14-6-4-3-5-13(14)15-9-11(18)7-8-16(15)20-17/h3-9,12,21H,2,10H2,1H3,(H,19,20)/t12-/m0/s1. The monoisotopic (exact) mass is 344 g/mol. The maximum absolute atomic E-state index is 9.41. The smallest absolute Gasteiger partial charge is 0.134 e. The Balaban J connectivity index is 2.25. The summed E-state index contributed by atoms with van der Waals surface area (Å²) in [5.41, 5.74) is 0.951. The number of nitrogens with one attached hydrogen (secondary N) is 1. The largest absolute Gasteiger partial charge is 0.394 e. The Labute approximate surface area is 132 Å². The van der Waals surface area contributed by atoms with Crippen molar-refractivity contribution < 1.29 is 5.11 Å². The van der Waals surface area contributed by atoms with Crippen molar-refractivity contribution in [3.63, 3.8) is 0 Å². The van der Waals surface area contributed by atoms with Crippen molar-refractivity contribution in [1.82, 2.24) is 4.98 Å². The Morgan fingerprint density at radius 3 is 2.62 bits per heavy atom. The molecule has 21 heavy (non-hydrogen) atoms. The van der Waals surface area contributed by atoms with Crippen molar-refractivity contribution in [2.75, 3.05) is 11.9 Å². The average Bonchev–Trinajstić information content (AvgIpc) is 2.53. The summed E-state index contributed by atoms with van der Waals surface area (Å²) in [6.07, 6.45) is 0.852. The molecule has 0 saturated carbocycles. The normalized spacial score (nSPS) is 12.7. The molecule has 1 atom stereocenters. The van der Waals surface area contributed by atoms with E-state index in [0.717, 1.165) is 33.0 Å². The van der Waals surface area contributed by atoms with Gasteiger partial charge in [-0.05, 0) is 30.0 Å². The minimum atomic E-state index is 0.0220. The maximum atomic E-state index is 9.41. The Hall–Kier alpha value is -1.65. The van der Waals surface area contributed by atoms with Crippen molar-refractivity contribution >= 4 is 43.4 Å². The molecule has 0 fully saturated rings. The summed E-state index contributed by atoms with van der Waals surface area (Å²) in [6.45, 7) is 2.15. The lowest BCUT2D eigenvalue weighted by atomic mass is 10.1. The van der Waals surface area contributed by atoms with E-state index in [1.54, 1.807) is 0 Å². The van der Waals surface area contributed by atoms with E-state index in [9.17, 15) is 5.11 Å². The SMILES string of the molecule is CC[C@@H](CO)Nc1nc2ccc(Br)cc2c2ccccc12. The van der Waals surface area contributed by atoms with Crippen LogP contribution in [0.2, 0.25) is 0 Å². The molecule has 0 bridgehead atoms. The Bertz CT molecular complexity index is 784. The molecule has 0 unspecified atom stereocenters. The summed E-state index contributed by atoms with van der Waals surface area (Å²) in [5.74, 6) is 0.835. The number of hydrogen-bond acceptors (Lipinski definition) is 3. The van der Waals surface area contributed by atoms with E-state index in [1.807, 2.05) is 31.2 Å². The van der Waals surface area contributed by atoms with Crippen LogP contribution in [0.1, 0.15) is 13.3 Å². The molecule has 0 aliphatic carbocycles. The van der Waals surface area contributed by atoms with Gasteiger partial charge in [-0.15, -0.1) is 0 Å². The third kappa shape index (κ3) is 2.74. The summed E-state index contributed by atoms with van der Waals surface area (Å²) in [7, 11) is 0. The number of hydrogen-bond donors (Lipinski definition) is 2. The summed E-state index contributed by atoms with van der Waals surface area (Å²) >= 11 is 3.52. The van der Waals surface area contributed by atoms with Crippen LogP contribution in [-0.4, -0.2) is 22.7 Å². The second kappa shape index (κ2) is 6.00. The molecule has 1 aromatic heterocycles. The quantitative estimate of drug-likeness (QED) is 0.692. The second-order valence-corrected chi connectivity index (χ2v) is 6.02. The number of benzene rings is 2. The molecule has 3 rings (SSSR count). The minimum Gasteiger partial charge on any atom is -0.394 e. The Morgan fingerprint density at radius 2 is 1.90 bits per heavy atom. The zero-order chi connectivity index (χ0) is 14.8. The number of pyridine rings is 1. The van der Waals surface area contributed by atoms with Gasteiger partial charge in [0, 0.05) is 15.2 Å². The number of aliphatic hydroxyl groups is 1. The molecule has 0 amide bonds. The maximum Gasteiger partial charge on any atom is 0.134 e. The van der Waals surface area contributed by atoms with Crippen molar-refractivity contribution in [2.45, 2.75) is 19.4 Å². The van der Waals surface area contributed by atoms with Gasteiger partial charge in [0.05, 0.1) is 18.2 Å². The first-order valence-electron chi connectivity index (χ1n) is 7.08. The van der Waals surface area contributed by atoms with Gasteiger partial charge in [-0.2, -0.15) is 0 Å². The van der Waals surface area contributed by atoms with Crippen LogP contribution in [0.3, 0.4) is 0 Å². The molecule has 0 aliphatic rings. The number of halogens is 1. The van der Waals surface area contributed by atoms with Gasteiger partial charge in [-0.3, -0.25) is 0 Å². The molecule has 1 heterocycles. The van der Waals surface area contributed by atoms with Gasteiger partial charge in [0.2, 0.25) is 0 Å². The van der Waals surface area contributed by atoms with E-state index in [4.69, 9.17) is 4.98 Å². The highest BCUT2D eigenvalue weighted by Crippen LogP contribution is 2.31. The van der Waals surface area contributed by atoms with Gasteiger partial charge in [0.1, 0.15) is 5.82 Å². The first-order valence-corrected chi connectivity index (χ1v) is 7.87. The predicted octanol–water partition coefficient (Wildman–Crippen LogP) is 4.33. The summed E-state index contributed by atoms with van der Waals surface area (Å²) < 4.78 is 1.05. The van der Waals surface area contributed by atoms with Gasteiger partial charge in [0.25, 0.3) is 0 Å². The number of aliphatic hydroxyl groups excluding tert-OH is 1. The van der Waals surface area contributed by atoms with Gasteiger partial charge >= 0.3 is 0 Å². The van der Waals surface area contributed by atoms with E-state index in [-0.39, 0.29) is 12.6 Å². The molecular formula is C17H17BrN2O. The molecule has 3 nitrogen and oxygen atoms in total. The van der Waals surface area contributed by atoms with Gasteiger partial charge < -0.3 is 10.4 Å². The minimum absolute atomic E-state index is 0.0220. The molecule has 0 spiro atoms. The van der Waals surface area contributed by atoms with Gasteiger partial charge in [-0.1, -0.05) is 47.1 Å². The number of rotatable bonds is 4. The number of aromatic nitrogens is 1. The molecule has 2 N–H and O–H groups in total. The van der Waals surface area contributed by atoms with Crippen LogP contribution in [0.5, 0.6) is 0 Å². The third-order valence-corrected chi connectivity index (χ3v) is 4.21. The molecule has 0 radical (unpaired) electrons. The third-order valence-electron chi connectivity index (χ3n) is 3.72. The summed E-state index contributed by atoms with van der Waals surface area (Å²) in [6, 6.07) is 14.3. The van der Waals surface area contributed by atoms with Crippen LogP contribution in [0.25, 0.3) is 21.7 Å². The van der Waals surface area contributed by atoms with Crippen molar-refractivity contribution in [2.24, 2.45) is 0 Å². The highest BCUT2D eigenvalue weighted by molar-refractivity contribution is 9.10. The fourth-order valence-electron chi connectivity index (χ4n) is 2.51. The topological polar surface area (TPSA) is 45.1 Å². The highest BCUT2D eigenvalue weighted by atomic mass is 79.9. The lowest BCUT2D eigenvalue weighted by molar-refractivity contribution is 0.271. The van der Waals surface area contributed by atoms with Gasteiger partial charge in [0.15, 0.2) is 0 Å². The molecule has 0 aliphatic heterocycles. The van der Waals surface area contributed by atoms with Crippen LogP contribution in [0.15, 0.2) is 46.9 Å². The molecule has 108 valence electrons. The van der Waals surface area contributed by atoms with E-state index < -0.39 is 0 Å². The van der Waals surface area contributed by atoms with E-state index in [1.165, 1.54) is 5.39 Å². The zero-order valence-electron chi connectivity index (χ0n) is 11.8. The molecule has 0 saturated heterocycles. The Kier molecular flexibility index (Phi) is 4.08. The summed E-state index contributed by atoms with van der Waals surface area (Å²) in [4.78, 5) is 4.74. The number of nitrogens with zero attached hydrogens (tertiary/aromatic N) is 1. The van der Waals surface area contributed by atoms with Crippen molar-refractivity contribution in [3.8, 4) is 0 Å². The fourth-order valence-corrected chi connectivity index (χ4v) is 2.87. The van der Waals surface area contributed by atoms with Crippen molar-refractivity contribution in [3.05, 3.63) is 46.9 Å². The first kappa shape index (κ1) is 14.3. The number of anilines is 1. The number of fused-ring (bicyclic) bond motifs is 3. The fraction of sp³-hybridized carbons (Fsp3) is 0.235. The molecule has 3 aromatic rings. The van der Waals surface area contributed by atoms with Crippen LogP contribution < -0.4 is 5.32 Å². The van der Waals surface area contributed by atoms with Crippen LogP contribution >= 0.6 is 15.9 Å². The van der Waals surface area contributed by atoms with Crippen LogP contribution in [-0.2, 0) is 0 Å². The summed E-state index contributed by atoms with van der Waals surface area (Å²) in [5, 5.41) is 16.1. The van der Waals surface area contributed by atoms with Crippen molar-refractivity contribution in [1.29, 1.82) is 0 Å². The van der Waals surface area contributed by atoms with Crippen LogP contribution in [0, 0.1) is 0 Å². The zero-order valence-corrected chi connectivity index (χ0v) is 13.4. The molecular weight excluding hydrogens is 328 g/mol. The van der Waals surface area contributed by atoms with Gasteiger partial charge in [-0.25, -0.2) is 4.98 Å². The molecule has 2 aromatic carbocycles. The lowest BCUT2D eigenvalue weighted by Crippen LogP contribution is -2.23. The lowest BCUT2D eigenvalue weighted by Gasteiger charge is -2.17. The first-order chi connectivity index (χ1) is 10.2. The Morgan fingerprint density at radius 1 is 1.14 bits per heavy atom. The van der Waals surface area contributed by atoms with E-state index >= 15 is 0 Å². The van der Waals surface area contributed by atoms with E-state index in [0.29, 0.717) is 0 Å². The second-order valence-electron chi connectivity index (χ2n) is 5.10. The van der Waals surface area contributed by atoms with Crippen LogP contribution in [0.4, 0.5) is 5.82 Å². The predicted molar refractivity (Wildman–Crippen MR) is 91.7 cm³/mol. The molecule has 4 heteroatoms.